The van der Waals surface area contributed by atoms with Gasteiger partial charge in [-0.2, -0.15) is 0 Å². The lowest BCUT2D eigenvalue weighted by Crippen LogP contribution is -2.03. The van der Waals surface area contributed by atoms with E-state index in [1.54, 1.807) is 18.5 Å². The first kappa shape index (κ1) is 11.6. The fourth-order valence-corrected chi connectivity index (χ4v) is 2.22. The molecule has 3 heterocycles. The lowest BCUT2D eigenvalue weighted by molar-refractivity contribution is 0.493. The van der Waals surface area contributed by atoms with Crippen molar-refractivity contribution in [1.82, 2.24) is 14.5 Å². The highest BCUT2D eigenvalue weighted by Gasteiger charge is 2.12. The monoisotopic (exact) mass is 281 g/mol. The van der Waals surface area contributed by atoms with Gasteiger partial charge in [0.05, 0.1) is 23.7 Å². The number of hydrogen-bond acceptors (Lipinski definition) is 3. The molecule has 4 nitrogen and oxygen atoms in total. The van der Waals surface area contributed by atoms with Crippen molar-refractivity contribution in [3.05, 3.63) is 47.3 Å². The van der Waals surface area contributed by atoms with Crippen molar-refractivity contribution in [2.45, 2.75) is 12.4 Å². The molecule has 92 valence electrons. The molecule has 0 amide bonds. The predicted molar refractivity (Wildman–Crippen MR) is 69.9 cm³/mol. The summed E-state index contributed by atoms with van der Waals surface area (Å²) in [6.07, 6.45) is 3.24. The van der Waals surface area contributed by atoms with E-state index in [-0.39, 0.29) is 0 Å². The van der Waals surface area contributed by atoms with Gasteiger partial charge in [-0.15, -0.1) is 11.6 Å². The minimum Gasteiger partial charge on any atom is -0.467 e. The Hall–Kier alpha value is -1.52. The Morgan fingerprint density at radius 3 is 3.00 bits per heavy atom. The van der Waals surface area contributed by atoms with Crippen LogP contribution in [0.2, 0.25) is 5.02 Å². The Kier molecular flexibility index (Phi) is 2.97. The van der Waals surface area contributed by atoms with E-state index >= 15 is 0 Å². The van der Waals surface area contributed by atoms with Crippen LogP contribution in [0.4, 0.5) is 0 Å². The van der Waals surface area contributed by atoms with Crippen LogP contribution in [-0.4, -0.2) is 14.5 Å². The Morgan fingerprint density at radius 2 is 2.28 bits per heavy atom. The van der Waals surface area contributed by atoms with Crippen molar-refractivity contribution in [3.63, 3.8) is 0 Å². The number of hydrogen-bond donors (Lipinski definition) is 0. The molecule has 0 unspecified atom stereocenters. The maximum Gasteiger partial charge on any atom is 0.160 e. The topological polar surface area (TPSA) is 43.9 Å². The van der Waals surface area contributed by atoms with Gasteiger partial charge < -0.3 is 8.98 Å². The zero-order valence-electron chi connectivity index (χ0n) is 9.31. The summed E-state index contributed by atoms with van der Waals surface area (Å²) in [4.78, 5) is 8.71. The molecule has 0 aliphatic heterocycles. The summed E-state index contributed by atoms with van der Waals surface area (Å²) in [5.41, 5.74) is 1.50. The highest BCUT2D eigenvalue weighted by molar-refractivity contribution is 6.31. The molecule has 0 N–H and O–H groups in total. The van der Waals surface area contributed by atoms with E-state index in [4.69, 9.17) is 27.6 Å². The summed E-state index contributed by atoms with van der Waals surface area (Å²) in [7, 11) is 0. The van der Waals surface area contributed by atoms with Gasteiger partial charge >= 0.3 is 0 Å². The first-order valence-electron chi connectivity index (χ1n) is 5.37. The molecular formula is C12H9Cl2N3O. The summed E-state index contributed by atoms with van der Waals surface area (Å²) in [5, 5.41) is 0.561. The lowest BCUT2D eigenvalue weighted by Gasteiger charge is -2.04. The van der Waals surface area contributed by atoms with Crippen molar-refractivity contribution < 1.29 is 4.42 Å². The molecule has 0 aliphatic rings. The van der Waals surface area contributed by atoms with Crippen LogP contribution >= 0.6 is 23.2 Å². The highest BCUT2D eigenvalue weighted by atomic mass is 35.5. The molecule has 0 saturated heterocycles. The smallest absolute Gasteiger partial charge is 0.160 e. The van der Waals surface area contributed by atoms with E-state index in [0.29, 0.717) is 17.4 Å². The van der Waals surface area contributed by atoms with Crippen LogP contribution < -0.4 is 0 Å². The van der Waals surface area contributed by atoms with Crippen LogP contribution in [-0.2, 0) is 12.4 Å². The Morgan fingerprint density at radius 1 is 1.39 bits per heavy atom. The summed E-state index contributed by atoms with van der Waals surface area (Å²) in [6, 6.07) is 5.53. The maximum absolute atomic E-state index is 5.91. The largest absolute Gasteiger partial charge is 0.467 e. The number of nitrogens with zero attached hydrogens (tertiary/aromatic N) is 3. The van der Waals surface area contributed by atoms with Crippen molar-refractivity contribution in [3.8, 4) is 0 Å². The Balaban J connectivity index is 2.13. The Bertz CT molecular complexity index is 676. The number of fused-ring (bicyclic) bond motifs is 1. The molecule has 0 radical (unpaired) electrons. The summed E-state index contributed by atoms with van der Waals surface area (Å²) >= 11 is 11.8. The molecule has 0 atom stereocenters. The predicted octanol–water partition coefficient (Wildman–Crippen LogP) is 3.46. The van der Waals surface area contributed by atoms with Crippen LogP contribution in [0.5, 0.6) is 0 Å². The van der Waals surface area contributed by atoms with Crippen molar-refractivity contribution in [1.29, 1.82) is 0 Å². The van der Waals surface area contributed by atoms with E-state index in [1.807, 2.05) is 16.7 Å². The summed E-state index contributed by atoms with van der Waals surface area (Å²) < 4.78 is 7.26. The van der Waals surface area contributed by atoms with Crippen molar-refractivity contribution in [2.24, 2.45) is 0 Å². The van der Waals surface area contributed by atoms with Crippen LogP contribution in [0.1, 0.15) is 11.6 Å². The second kappa shape index (κ2) is 4.63. The van der Waals surface area contributed by atoms with E-state index in [0.717, 1.165) is 22.7 Å². The molecular weight excluding hydrogens is 273 g/mol. The standard InChI is InChI=1S/C12H9Cl2N3O/c13-5-11-16-10-4-8(14)6-15-12(10)17(11)7-9-2-1-3-18-9/h1-4,6H,5,7H2. The van der Waals surface area contributed by atoms with Crippen molar-refractivity contribution in [2.75, 3.05) is 0 Å². The number of furan rings is 1. The van der Waals surface area contributed by atoms with Crippen LogP contribution in [0.3, 0.4) is 0 Å². The number of aromatic nitrogens is 3. The molecule has 0 spiro atoms. The molecule has 0 bridgehead atoms. The van der Waals surface area contributed by atoms with Gasteiger partial charge in [0, 0.05) is 6.20 Å². The van der Waals surface area contributed by atoms with Gasteiger partial charge in [-0.05, 0) is 18.2 Å². The molecule has 3 rings (SSSR count). The zero-order chi connectivity index (χ0) is 12.5. The molecule has 6 heteroatoms. The second-order valence-electron chi connectivity index (χ2n) is 3.82. The number of alkyl halides is 1. The quantitative estimate of drug-likeness (QED) is 0.691. The van der Waals surface area contributed by atoms with E-state index < -0.39 is 0 Å². The maximum atomic E-state index is 5.91. The lowest BCUT2D eigenvalue weighted by atomic mass is 10.4. The van der Waals surface area contributed by atoms with Crippen LogP contribution in [0.25, 0.3) is 11.2 Å². The number of rotatable bonds is 3. The molecule has 0 fully saturated rings. The fraction of sp³-hybridized carbons (Fsp3) is 0.167. The molecule has 3 aromatic heterocycles. The van der Waals surface area contributed by atoms with Gasteiger partial charge in [-0.1, -0.05) is 11.6 Å². The summed E-state index contributed by atoms with van der Waals surface area (Å²) in [6.45, 7) is 0.556. The number of imidazole rings is 1. The normalized spacial score (nSPS) is 11.2. The zero-order valence-corrected chi connectivity index (χ0v) is 10.8. The van der Waals surface area contributed by atoms with Crippen molar-refractivity contribution >= 4 is 34.4 Å². The molecule has 0 saturated carbocycles. The van der Waals surface area contributed by atoms with Gasteiger partial charge in [0.1, 0.15) is 17.1 Å². The van der Waals surface area contributed by atoms with Gasteiger partial charge in [-0.3, -0.25) is 0 Å². The third-order valence-corrected chi connectivity index (χ3v) is 3.09. The number of halogens is 2. The average Bonchev–Trinajstić information content (AvgIpc) is 2.97. The summed E-state index contributed by atoms with van der Waals surface area (Å²) in [5.74, 6) is 1.89. The molecule has 18 heavy (non-hydrogen) atoms. The second-order valence-corrected chi connectivity index (χ2v) is 4.53. The average molecular weight is 282 g/mol. The third kappa shape index (κ3) is 1.98. The minimum absolute atomic E-state index is 0.314. The molecule has 0 aromatic carbocycles. The third-order valence-electron chi connectivity index (χ3n) is 2.64. The van der Waals surface area contributed by atoms with Gasteiger partial charge in [0.25, 0.3) is 0 Å². The van der Waals surface area contributed by atoms with Gasteiger partial charge in [0.15, 0.2) is 5.65 Å². The number of pyridine rings is 1. The van der Waals surface area contributed by atoms with Gasteiger partial charge in [-0.25, -0.2) is 9.97 Å². The van der Waals surface area contributed by atoms with E-state index in [1.165, 1.54) is 0 Å². The van der Waals surface area contributed by atoms with E-state index in [9.17, 15) is 0 Å². The highest BCUT2D eigenvalue weighted by Crippen LogP contribution is 2.20. The fourth-order valence-electron chi connectivity index (χ4n) is 1.86. The van der Waals surface area contributed by atoms with Gasteiger partial charge in [0.2, 0.25) is 0 Å². The first-order chi connectivity index (χ1) is 8.78. The van der Waals surface area contributed by atoms with Crippen LogP contribution in [0, 0.1) is 0 Å². The Labute approximate surface area is 113 Å². The first-order valence-corrected chi connectivity index (χ1v) is 6.28. The molecule has 0 aliphatic carbocycles. The SMILES string of the molecule is ClCc1nc2cc(Cl)cnc2n1Cc1ccco1. The molecule has 3 aromatic rings. The van der Waals surface area contributed by atoms with E-state index in [2.05, 4.69) is 9.97 Å². The minimum atomic E-state index is 0.314. The van der Waals surface area contributed by atoms with Crippen LogP contribution in [0.15, 0.2) is 35.1 Å².